The van der Waals surface area contributed by atoms with E-state index in [1.54, 1.807) is 11.4 Å². The van der Waals surface area contributed by atoms with Crippen LogP contribution >= 0.6 is 23.1 Å². The van der Waals surface area contributed by atoms with E-state index in [1.165, 1.54) is 11.3 Å². The van der Waals surface area contributed by atoms with Crippen molar-refractivity contribution in [1.29, 1.82) is 0 Å². The van der Waals surface area contributed by atoms with E-state index in [2.05, 4.69) is 14.9 Å². The fraction of sp³-hybridized carbons (Fsp3) is 0.667. The van der Waals surface area contributed by atoms with E-state index in [0.717, 1.165) is 36.0 Å². The van der Waals surface area contributed by atoms with Crippen LogP contribution in [0.5, 0.6) is 0 Å². The fourth-order valence-corrected chi connectivity index (χ4v) is 5.30. The first-order chi connectivity index (χ1) is 9.62. The Balaban J connectivity index is 1.83. The topological polar surface area (TPSA) is 61.4 Å². The van der Waals surface area contributed by atoms with Crippen LogP contribution in [-0.2, 0) is 16.6 Å². The highest BCUT2D eigenvalue weighted by molar-refractivity contribution is 7.99. The Kier molecular flexibility index (Phi) is 6.31. The Morgan fingerprint density at radius 3 is 2.80 bits per heavy atom. The lowest BCUT2D eigenvalue weighted by Crippen LogP contribution is -2.39. The number of hydrogen-bond donors (Lipinski definition) is 2. The molecule has 1 aliphatic heterocycles. The lowest BCUT2D eigenvalue weighted by Gasteiger charge is -2.25. The second kappa shape index (κ2) is 7.77. The third kappa shape index (κ3) is 4.71. The Morgan fingerprint density at radius 1 is 1.35 bits per heavy atom. The molecule has 2 N–H and O–H groups in total. The van der Waals surface area contributed by atoms with E-state index in [-0.39, 0.29) is 0 Å². The van der Waals surface area contributed by atoms with Crippen molar-refractivity contribution in [3.63, 3.8) is 0 Å². The minimum Gasteiger partial charge on any atom is -0.315 e. The molecule has 1 fully saturated rings. The van der Waals surface area contributed by atoms with Crippen LogP contribution in [0.3, 0.4) is 0 Å². The molecule has 0 radical (unpaired) electrons. The Morgan fingerprint density at radius 2 is 2.10 bits per heavy atom. The molecule has 1 aromatic rings. The summed E-state index contributed by atoms with van der Waals surface area (Å²) in [4.78, 5) is 3.71. The minimum atomic E-state index is -3.36. The van der Waals surface area contributed by atoms with Crippen LogP contribution < -0.4 is 10.0 Å². The summed E-state index contributed by atoms with van der Waals surface area (Å²) in [6.07, 6.45) is 0. The van der Waals surface area contributed by atoms with Crippen molar-refractivity contribution in [3.8, 4) is 0 Å². The van der Waals surface area contributed by atoms with Crippen LogP contribution in [0.1, 0.15) is 4.88 Å². The molecule has 0 unspecified atom stereocenters. The zero-order valence-electron chi connectivity index (χ0n) is 11.6. The molecule has 0 atom stereocenters. The molecule has 114 valence electrons. The zero-order valence-corrected chi connectivity index (χ0v) is 14.0. The molecule has 1 aromatic heterocycles. The summed E-state index contributed by atoms with van der Waals surface area (Å²) < 4.78 is 27.0. The standard InChI is InChI=1S/C12H21N3O2S3/c1-13-9-11-8-12(10-19-11)20(16,17)14-2-3-15-4-6-18-7-5-15/h8,10,13-14H,2-7,9H2,1H3. The van der Waals surface area contributed by atoms with Crippen molar-refractivity contribution in [2.45, 2.75) is 11.4 Å². The second-order valence-electron chi connectivity index (χ2n) is 4.63. The number of hydrogen-bond acceptors (Lipinski definition) is 6. The van der Waals surface area contributed by atoms with Gasteiger partial charge in [0.25, 0.3) is 0 Å². The van der Waals surface area contributed by atoms with Gasteiger partial charge in [-0.2, -0.15) is 11.8 Å². The zero-order chi connectivity index (χ0) is 14.4. The third-order valence-corrected chi connectivity index (χ3v) is 6.58. The maximum Gasteiger partial charge on any atom is 0.241 e. The van der Waals surface area contributed by atoms with E-state index in [4.69, 9.17) is 0 Å². The van der Waals surface area contributed by atoms with Gasteiger partial charge in [0, 0.05) is 54.5 Å². The van der Waals surface area contributed by atoms with E-state index in [0.29, 0.717) is 18.0 Å². The number of nitrogens with one attached hydrogen (secondary N) is 2. The number of thioether (sulfide) groups is 1. The summed E-state index contributed by atoms with van der Waals surface area (Å²) in [6, 6.07) is 1.74. The second-order valence-corrected chi connectivity index (χ2v) is 8.62. The highest BCUT2D eigenvalue weighted by Crippen LogP contribution is 2.18. The molecule has 1 saturated heterocycles. The number of thiophene rings is 1. The lowest BCUT2D eigenvalue weighted by atomic mass is 10.5. The summed E-state index contributed by atoms with van der Waals surface area (Å²) in [6.45, 7) is 4.07. The van der Waals surface area contributed by atoms with Crippen molar-refractivity contribution in [3.05, 3.63) is 16.3 Å². The molecule has 2 heterocycles. The lowest BCUT2D eigenvalue weighted by molar-refractivity contribution is 0.307. The first-order valence-corrected chi connectivity index (χ1v) is 10.2. The van der Waals surface area contributed by atoms with E-state index in [9.17, 15) is 8.42 Å². The van der Waals surface area contributed by atoms with E-state index < -0.39 is 10.0 Å². The largest absolute Gasteiger partial charge is 0.315 e. The van der Waals surface area contributed by atoms with Gasteiger partial charge >= 0.3 is 0 Å². The van der Waals surface area contributed by atoms with Crippen LogP contribution in [0.2, 0.25) is 0 Å². The number of rotatable bonds is 7. The Labute approximate surface area is 129 Å². The average molecular weight is 336 g/mol. The fourth-order valence-electron chi connectivity index (χ4n) is 2.01. The molecule has 5 nitrogen and oxygen atoms in total. The van der Waals surface area contributed by atoms with Crippen molar-refractivity contribution in [1.82, 2.24) is 14.9 Å². The average Bonchev–Trinajstić information content (AvgIpc) is 2.90. The number of sulfonamides is 1. The first-order valence-electron chi connectivity index (χ1n) is 6.63. The SMILES string of the molecule is CNCc1cc(S(=O)(=O)NCCN2CCSCC2)cs1. The van der Waals surface area contributed by atoms with Crippen LogP contribution in [0.15, 0.2) is 16.3 Å². The third-order valence-electron chi connectivity index (χ3n) is 3.11. The quantitative estimate of drug-likeness (QED) is 0.772. The van der Waals surface area contributed by atoms with E-state index in [1.807, 2.05) is 18.8 Å². The number of nitrogens with zero attached hydrogens (tertiary/aromatic N) is 1. The Bertz CT molecular complexity index is 510. The first kappa shape index (κ1) is 16.3. The van der Waals surface area contributed by atoms with Gasteiger partial charge in [0.1, 0.15) is 0 Å². The van der Waals surface area contributed by atoms with Gasteiger partial charge in [-0.05, 0) is 13.1 Å². The molecular formula is C12H21N3O2S3. The highest BCUT2D eigenvalue weighted by atomic mass is 32.2. The van der Waals surface area contributed by atoms with Crippen LogP contribution in [0.4, 0.5) is 0 Å². The van der Waals surface area contributed by atoms with Crippen molar-refractivity contribution in [2.75, 3.05) is 44.7 Å². The smallest absolute Gasteiger partial charge is 0.241 e. The van der Waals surface area contributed by atoms with Gasteiger partial charge in [-0.15, -0.1) is 11.3 Å². The van der Waals surface area contributed by atoms with Gasteiger partial charge in [-0.25, -0.2) is 13.1 Å². The molecule has 8 heteroatoms. The summed E-state index contributed by atoms with van der Waals surface area (Å²) in [5.74, 6) is 2.29. The molecule has 0 aliphatic carbocycles. The molecule has 0 bridgehead atoms. The van der Waals surface area contributed by atoms with Gasteiger partial charge in [0.05, 0.1) is 4.90 Å². The molecule has 0 aromatic carbocycles. The molecular weight excluding hydrogens is 314 g/mol. The minimum absolute atomic E-state index is 0.377. The summed E-state index contributed by atoms with van der Waals surface area (Å²) in [7, 11) is -1.51. The molecule has 0 amide bonds. The van der Waals surface area contributed by atoms with Gasteiger partial charge in [0.2, 0.25) is 10.0 Å². The maximum atomic E-state index is 12.1. The van der Waals surface area contributed by atoms with E-state index >= 15 is 0 Å². The van der Waals surface area contributed by atoms with Crippen LogP contribution in [0, 0.1) is 0 Å². The molecule has 0 spiro atoms. The highest BCUT2D eigenvalue weighted by Gasteiger charge is 2.17. The van der Waals surface area contributed by atoms with Gasteiger partial charge in [-0.3, -0.25) is 0 Å². The molecule has 1 aliphatic rings. The van der Waals surface area contributed by atoms with Gasteiger partial charge in [-0.1, -0.05) is 0 Å². The summed E-state index contributed by atoms with van der Waals surface area (Å²) in [5.41, 5.74) is 0. The monoisotopic (exact) mass is 335 g/mol. The molecule has 0 saturated carbocycles. The predicted molar refractivity (Wildman–Crippen MR) is 86.0 cm³/mol. The maximum absolute atomic E-state index is 12.1. The van der Waals surface area contributed by atoms with Crippen LogP contribution in [-0.4, -0.2) is 58.1 Å². The van der Waals surface area contributed by atoms with Crippen molar-refractivity contribution in [2.24, 2.45) is 0 Å². The molecule has 2 rings (SSSR count). The molecule has 20 heavy (non-hydrogen) atoms. The normalized spacial score (nSPS) is 17.4. The van der Waals surface area contributed by atoms with Gasteiger partial charge in [0.15, 0.2) is 0 Å². The van der Waals surface area contributed by atoms with Crippen molar-refractivity contribution >= 4 is 33.1 Å². The van der Waals surface area contributed by atoms with Crippen LogP contribution in [0.25, 0.3) is 0 Å². The van der Waals surface area contributed by atoms with Gasteiger partial charge < -0.3 is 10.2 Å². The van der Waals surface area contributed by atoms with Crippen molar-refractivity contribution < 1.29 is 8.42 Å². The Hall–Kier alpha value is -0.120. The predicted octanol–water partition coefficient (Wildman–Crippen LogP) is 0.795. The summed E-state index contributed by atoms with van der Waals surface area (Å²) in [5, 5.41) is 4.72. The summed E-state index contributed by atoms with van der Waals surface area (Å²) >= 11 is 3.42.